The molecular weight excluding hydrogens is 674 g/mol. The van der Waals surface area contributed by atoms with Crippen molar-refractivity contribution in [3.8, 4) is 5.69 Å². The Kier molecular flexibility index (Phi) is 10.3. The van der Waals surface area contributed by atoms with E-state index in [0.29, 0.717) is 34.3 Å². The summed E-state index contributed by atoms with van der Waals surface area (Å²) in [6.07, 6.45) is -10.1. The van der Waals surface area contributed by atoms with E-state index in [1.807, 2.05) is 31.2 Å². The largest absolute Gasteiger partial charge is 0.416 e. The van der Waals surface area contributed by atoms with Crippen molar-refractivity contribution in [3.05, 3.63) is 141 Å². The van der Waals surface area contributed by atoms with Crippen LogP contribution >= 0.6 is 11.8 Å². The molecular formula is C33H26F6N6O3S. The number of hydrogen-bond acceptors (Lipinski definition) is 6. The van der Waals surface area contributed by atoms with Crippen LogP contribution in [0, 0.1) is 17.0 Å². The van der Waals surface area contributed by atoms with E-state index in [0.717, 1.165) is 11.1 Å². The highest BCUT2D eigenvalue weighted by Gasteiger charge is 2.37. The molecule has 0 aliphatic carbocycles. The zero-order valence-electron chi connectivity index (χ0n) is 25.4. The third-order valence-electron chi connectivity index (χ3n) is 7.17. The molecule has 0 radical (unpaired) electrons. The van der Waals surface area contributed by atoms with Crippen LogP contribution in [0.5, 0.6) is 0 Å². The van der Waals surface area contributed by atoms with Gasteiger partial charge in [-0.25, -0.2) is 4.79 Å². The van der Waals surface area contributed by atoms with Crippen molar-refractivity contribution >= 4 is 29.2 Å². The van der Waals surface area contributed by atoms with Crippen LogP contribution in [0.1, 0.15) is 39.7 Å². The summed E-state index contributed by atoms with van der Waals surface area (Å²) in [5.41, 5.74) is -0.962. The van der Waals surface area contributed by atoms with Gasteiger partial charge in [-0.05, 0) is 48.4 Å². The number of hydrogen-bond donors (Lipinski definition) is 2. The standard InChI is InChI=1S/C33H26F6N6O3S/c1-20-6-5-9-22(14-20)19-49-31-43-42-29(44(31)26-10-12-27(13-11-26)45(47)48)28(15-21-7-3-2-4-8-21)41-30(46)40-25-17-23(32(34,35)36)16-24(18-25)33(37,38)39/h2-14,16-18,28H,15,19H2,1H3,(H2,40,41,46). The van der Waals surface area contributed by atoms with Gasteiger partial charge in [-0.2, -0.15) is 26.3 Å². The third-order valence-corrected chi connectivity index (χ3v) is 8.17. The van der Waals surface area contributed by atoms with Gasteiger partial charge in [-0.3, -0.25) is 14.7 Å². The summed E-state index contributed by atoms with van der Waals surface area (Å²) in [5, 5.41) is 25.1. The summed E-state index contributed by atoms with van der Waals surface area (Å²) in [6.45, 7) is 1.94. The second-order valence-corrected chi connectivity index (χ2v) is 11.8. The summed E-state index contributed by atoms with van der Waals surface area (Å²) in [7, 11) is 0. The summed E-state index contributed by atoms with van der Waals surface area (Å²) in [5.74, 6) is 0.612. The van der Waals surface area contributed by atoms with Crippen molar-refractivity contribution in [1.29, 1.82) is 0 Å². The molecule has 16 heteroatoms. The molecule has 0 saturated carbocycles. The van der Waals surface area contributed by atoms with Gasteiger partial charge in [-0.1, -0.05) is 71.9 Å². The number of urea groups is 1. The van der Waals surface area contributed by atoms with E-state index >= 15 is 0 Å². The van der Waals surface area contributed by atoms with Gasteiger partial charge in [0.1, 0.15) is 0 Å². The average Bonchev–Trinajstić information content (AvgIpc) is 3.47. The average molecular weight is 701 g/mol. The number of alkyl halides is 6. The molecule has 9 nitrogen and oxygen atoms in total. The van der Waals surface area contributed by atoms with E-state index in [1.54, 1.807) is 34.9 Å². The minimum Gasteiger partial charge on any atom is -0.327 e. The van der Waals surface area contributed by atoms with Crippen LogP contribution in [0.25, 0.3) is 5.69 Å². The summed E-state index contributed by atoms with van der Waals surface area (Å²) < 4.78 is 82.4. The van der Waals surface area contributed by atoms with Crippen LogP contribution in [-0.4, -0.2) is 25.7 Å². The number of carbonyl (C=O) groups excluding carboxylic acids is 1. The van der Waals surface area contributed by atoms with E-state index in [9.17, 15) is 41.3 Å². The van der Waals surface area contributed by atoms with Gasteiger partial charge in [0.25, 0.3) is 5.69 Å². The lowest BCUT2D eigenvalue weighted by atomic mass is 10.1. The number of halogens is 6. The zero-order valence-corrected chi connectivity index (χ0v) is 26.2. The van der Waals surface area contributed by atoms with E-state index in [2.05, 4.69) is 20.8 Å². The molecule has 254 valence electrons. The van der Waals surface area contributed by atoms with Gasteiger partial charge in [0.15, 0.2) is 11.0 Å². The highest BCUT2D eigenvalue weighted by atomic mass is 32.2. The maximum absolute atomic E-state index is 13.5. The molecule has 0 aliphatic heterocycles. The van der Waals surface area contributed by atoms with Gasteiger partial charge < -0.3 is 10.6 Å². The Labute approximate surface area is 279 Å². The first-order valence-electron chi connectivity index (χ1n) is 14.5. The van der Waals surface area contributed by atoms with Crippen molar-refractivity contribution in [2.75, 3.05) is 5.32 Å². The van der Waals surface area contributed by atoms with Crippen molar-refractivity contribution in [2.45, 2.75) is 42.6 Å². The molecule has 5 rings (SSSR count). The number of aryl methyl sites for hydroxylation is 1. The first-order valence-corrected chi connectivity index (χ1v) is 15.5. The lowest BCUT2D eigenvalue weighted by molar-refractivity contribution is -0.384. The zero-order chi connectivity index (χ0) is 35.3. The number of nitro groups is 1. The number of nitrogens with one attached hydrogen (secondary N) is 2. The minimum absolute atomic E-state index is 0.0378. The monoisotopic (exact) mass is 700 g/mol. The van der Waals surface area contributed by atoms with Gasteiger partial charge in [0.2, 0.25) is 0 Å². The molecule has 1 aromatic heterocycles. The van der Waals surface area contributed by atoms with Crippen LogP contribution in [-0.2, 0) is 24.5 Å². The summed E-state index contributed by atoms with van der Waals surface area (Å²) in [6, 6.07) is 20.7. The number of nitro benzene ring substituents is 1. The molecule has 0 spiro atoms. The fourth-order valence-corrected chi connectivity index (χ4v) is 5.83. The smallest absolute Gasteiger partial charge is 0.327 e. The molecule has 1 heterocycles. The first-order chi connectivity index (χ1) is 23.2. The normalized spacial score (nSPS) is 12.4. The Hall–Kier alpha value is -5.38. The quantitative estimate of drug-likeness (QED) is 0.0651. The molecule has 2 N–H and O–H groups in total. The SMILES string of the molecule is Cc1cccc(CSc2nnc(C(Cc3ccccc3)NC(=O)Nc3cc(C(F)(F)F)cc(C(F)(F)F)c3)n2-c2ccc([N+](=O)[O-])cc2)c1. The minimum atomic E-state index is -5.11. The fourth-order valence-electron chi connectivity index (χ4n) is 4.93. The molecule has 49 heavy (non-hydrogen) atoms. The molecule has 4 aromatic carbocycles. The van der Waals surface area contributed by atoms with Crippen molar-refractivity contribution in [3.63, 3.8) is 0 Å². The topological polar surface area (TPSA) is 115 Å². The molecule has 0 bridgehead atoms. The number of non-ortho nitro benzene ring substituents is 1. The molecule has 1 unspecified atom stereocenters. The molecule has 0 aliphatic rings. The highest BCUT2D eigenvalue weighted by molar-refractivity contribution is 7.98. The Morgan fingerprint density at radius 1 is 0.857 bits per heavy atom. The van der Waals surface area contributed by atoms with Crippen molar-refractivity contribution in [2.24, 2.45) is 0 Å². The molecule has 0 saturated heterocycles. The number of thioether (sulfide) groups is 1. The lowest BCUT2D eigenvalue weighted by Gasteiger charge is -2.21. The lowest BCUT2D eigenvalue weighted by Crippen LogP contribution is -2.35. The van der Waals surface area contributed by atoms with E-state index < -0.39 is 46.2 Å². The van der Waals surface area contributed by atoms with Crippen LogP contribution in [0.15, 0.2) is 102 Å². The van der Waals surface area contributed by atoms with E-state index in [-0.39, 0.29) is 24.0 Å². The second-order valence-electron chi connectivity index (χ2n) is 10.9. The summed E-state index contributed by atoms with van der Waals surface area (Å²) in [4.78, 5) is 24.1. The molecule has 0 fully saturated rings. The summed E-state index contributed by atoms with van der Waals surface area (Å²) >= 11 is 1.30. The van der Waals surface area contributed by atoms with Gasteiger partial charge >= 0.3 is 18.4 Å². The Balaban J connectivity index is 1.53. The van der Waals surface area contributed by atoms with Gasteiger partial charge in [0.05, 0.1) is 22.1 Å². The first kappa shape index (κ1) is 34.9. The Bertz CT molecular complexity index is 1920. The van der Waals surface area contributed by atoms with Gasteiger partial charge in [0, 0.05) is 35.7 Å². The Morgan fingerprint density at radius 2 is 1.49 bits per heavy atom. The molecule has 1 atom stereocenters. The number of carbonyl (C=O) groups is 1. The van der Waals surface area contributed by atoms with Crippen molar-refractivity contribution in [1.82, 2.24) is 20.1 Å². The predicted molar refractivity (Wildman–Crippen MR) is 170 cm³/mol. The molecule has 2 amide bonds. The highest BCUT2D eigenvalue weighted by Crippen LogP contribution is 2.38. The van der Waals surface area contributed by atoms with Gasteiger partial charge in [-0.15, -0.1) is 10.2 Å². The van der Waals surface area contributed by atoms with Crippen LogP contribution < -0.4 is 10.6 Å². The van der Waals surface area contributed by atoms with E-state index in [1.165, 1.54) is 36.0 Å². The number of amides is 2. The number of benzene rings is 4. The Morgan fingerprint density at radius 3 is 2.08 bits per heavy atom. The predicted octanol–water partition coefficient (Wildman–Crippen LogP) is 8.92. The third kappa shape index (κ3) is 8.95. The number of aromatic nitrogens is 3. The molecule has 5 aromatic rings. The maximum Gasteiger partial charge on any atom is 0.416 e. The fraction of sp³-hybridized carbons (Fsp3) is 0.182. The number of rotatable bonds is 10. The maximum atomic E-state index is 13.5. The van der Waals surface area contributed by atoms with Crippen molar-refractivity contribution < 1.29 is 36.1 Å². The number of nitrogens with zero attached hydrogens (tertiary/aromatic N) is 4. The van der Waals surface area contributed by atoms with Crippen LogP contribution in [0.3, 0.4) is 0 Å². The van der Waals surface area contributed by atoms with Crippen LogP contribution in [0.2, 0.25) is 0 Å². The second kappa shape index (κ2) is 14.4. The van der Waals surface area contributed by atoms with E-state index in [4.69, 9.17) is 0 Å². The van der Waals surface area contributed by atoms with Crippen LogP contribution in [0.4, 0.5) is 42.5 Å². The number of anilines is 1.